The van der Waals surface area contributed by atoms with E-state index in [9.17, 15) is 9.59 Å². The summed E-state index contributed by atoms with van der Waals surface area (Å²) >= 11 is 0. The van der Waals surface area contributed by atoms with Gasteiger partial charge in [0.25, 0.3) is 0 Å². The molecule has 0 radical (unpaired) electrons. The Bertz CT molecular complexity index is 576. The number of benzene rings is 1. The Balaban J connectivity index is 2.31. The molecule has 2 rings (SSSR count). The zero-order valence-electron chi connectivity index (χ0n) is 13.9. The Labute approximate surface area is 131 Å². The van der Waals surface area contributed by atoms with Gasteiger partial charge in [0.05, 0.1) is 6.54 Å². The lowest BCUT2D eigenvalue weighted by molar-refractivity contribution is -0.135. The van der Waals surface area contributed by atoms with E-state index in [0.717, 1.165) is 11.1 Å². The highest BCUT2D eigenvalue weighted by atomic mass is 16.6. The Morgan fingerprint density at radius 2 is 1.77 bits per heavy atom. The monoisotopic (exact) mass is 304 g/mol. The fourth-order valence-corrected chi connectivity index (χ4v) is 2.55. The molecule has 0 saturated carbocycles. The molecule has 22 heavy (non-hydrogen) atoms. The number of hydrogen-bond donors (Lipinski definition) is 0. The molecular formula is C17H24N2O3. The topological polar surface area (TPSA) is 49.9 Å². The molecule has 5 nitrogen and oxygen atoms in total. The molecule has 1 aromatic carbocycles. The average Bonchev–Trinajstić information content (AvgIpc) is 2.43. The SMILES string of the molecule is CN(C)C(=O)[C@@H]1Cc2ccccc2CN1C(=O)OC(C)(C)C. The van der Waals surface area contributed by atoms with Gasteiger partial charge >= 0.3 is 6.09 Å². The molecule has 0 aromatic heterocycles. The standard InChI is InChI=1S/C17H24N2O3/c1-17(2,3)22-16(21)19-11-13-9-7-6-8-12(13)10-14(19)15(20)18(4)5/h6-9,14H,10-11H2,1-5H3/t14-/m0/s1. The third-order valence-corrected chi connectivity index (χ3v) is 3.60. The minimum Gasteiger partial charge on any atom is -0.444 e. The van der Waals surface area contributed by atoms with Gasteiger partial charge in [-0.2, -0.15) is 0 Å². The van der Waals surface area contributed by atoms with Gasteiger partial charge in [-0.05, 0) is 31.9 Å². The first-order valence-corrected chi connectivity index (χ1v) is 7.46. The average molecular weight is 304 g/mol. The maximum atomic E-state index is 12.5. The minimum atomic E-state index is -0.584. The van der Waals surface area contributed by atoms with Crippen LogP contribution in [0.5, 0.6) is 0 Å². The molecule has 0 spiro atoms. The quantitative estimate of drug-likeness (QED) is 0.800. The van der Waals surface area contributed by atoms with Crippen molar-refractivity contribution in [3.63, 3.8) is 0 Å². The van der Waals surface area contributed by atoms with E-state index in [1.165, 1.54) is 9.80 Å². The van der Waals surface area contributed by atoms with Gasteiger partial charge in [0.1, 0.15) is 11.6 Å². The summed E-state index contributed by atoms with van der Waals surface area (Å²) in [6, 6.07) is 7.39. The van der Waals surface area contributed by atoms with E-state index in [2.05, 4.69) is 0 Å². The molecule has 5 heteroatoms. The third kappa shape index (κ3) is 3.59. The molecular weight excluding hydrogens is 280 g/mol. The highest BCUT2D eigenvalue weighted by Crippen LogP contribution is 2.26. The zero-order chi connectivity index (χ0) is 16.5. The second-order valence-corrected chi connectivity index (χ2v) is 6.83. The number of likely N-dealkylation sites (N-methyl/N-ethyl adjacent to an activating group) is 1. The van der Waals surface area contributed by atoms with Crippen LogP contribution in [-0.4, -0.2) is 47.5 Å². The maximum Gasteiger partial charge on any atom is 0.411 e. The first kappa shape index (κ1) is 16.3. The Kier molecular flexibility index (Phi) is 4.44. The molecule has 0 unspecified atom stereocenters. The predicted octanol–water partition coefficient (Wildman–Crippen LogP) is 2.44. The van der Waals surface area contributed by atoms with Crippen LogP contribution in [0.3, 0.4) is 0 Å². The van der Waals surface area contributed by atoms with Crippen molar-refractivity contribution in [2.24, 2.45) is 0 Å². The summed E-state index contributed by atoms with van der Waals surface area (Å²) in [5.74, 6) is -0.0830. The minimum absolute atomic E-state index is 0.0830. The normalized spacial score (nSPS) is 17.7. The summed E-state index contributed by atoms with van der Waals surface area (Å²) < 4.78 is 5.47. The Morgan fingerprint density at radius 1 is 1.18 bits per heavy atom. The number of rotatable bonds is 1. The first-order valence-electron chi connectivity index (χ1n) is 7.46. The van der Waals surface area contributed by atoms with Crippen molar-refractivity contribution >= 4 is 12.0 Å². The van der Waals surface area contributed by atoms with E-state index in [4.69, 9.17) is 4.74 Å². The second-order valence-electron chi connectivity index (χ2n) is 6.83. The zero-order valence-corrected chi connectivity index (χ0v) is 13.9. The van der Waals surface area contributed by atoms with Crippen LogP contribution in [0.2, 0.25) is 0 Å². The fourth-order valence-electron chi connectivity index (χ4n) is 2.55. The number of ether oxygens (including phenoxy) is 1. The Morgan fingerprint density at radius 3 is 2.32 bits per heavy atom. The van der Waals surface area contributed by atoms with E-state index >= 15 is 0 Å². The maximum absolute atomic E-state index is 12.5. The van der Waals surface area contributed by atoms with Crippen molar-refractivity contribution in [2.45, 2.75) is 45.4 Å². The molecule has 1 aromatic rings. The second kappa shape index (κ2) is 5.99. The molecule has 0 fully saturated rings. The van der Waals surface area contributed by atoms with Crippen LogP contribution in [0.25, 0.3) is 0 Å². The van der Waals surface area contributed by atoms with Crippen molar-refractivity contribution in [1.82, 2.24) is 9.80 Å². The summed E-state index contributed by atoms with van der Waals surface area (Å²) in [6.07, 6.45) is 0.0779. The number of hydrogen-bond acceptors (Lipinski definition) is 3. The summed E-state index contributed by atoms with van der Waals surface area (Å²) in [4.78, 5) is 28.0. The lowest BCUT2D eigenvalue weighted by atomic mass is 9.93. The van der Waals surface area contributed by atoms with Crippen LogP contribution in [0.4, 0.5) is 4.79 Å². The first-order chi connectivity index (χ1) is 10.2. The van der Waals surface area contributed by atoms with Crippen molar-refractivity contribution in [3.05, 3.63) is 35.4 Å². The number of carbonyl (C=O) groups excluding carboxylic acids is 2. The summed E-state index contributed by atoms with van der Waals surface area (Å²) in [5, 5.41) is 0. The molecule has 1 aliphatic rings. The highest BCUT2D eigenvalue weighted by Gasteiger charge is 2.37. The van der Waals surface area contributed by atoms with Gasteiger partial charge in [0, 0.05) is 20.5 Å². The van der Waals surface area contributed by atoms with Crippen LogP contribution < -0.4 is 0 Å². The van der Waals surface area contributed by atoms with E-state index in [1.807, 2.05) is 45.0 Å². The van der Waals surface area contributed by atoms with Crippen molar-refractivity contribution in [2.75, 3.05) is 14.1 Å². The van der Waals surface area contributed by atoms with Gasteiger partial charge in [-0.3, -0.25) is 9.69 Å². The van der Waals surface area contributed by atoms with Gasteiger partial charge in [-0.25, -0.2) is 4.79 Å². The lowest BCUT2D eigenvalue weighted by Crippen LogP contribution is -2.53. The van der Waals surface area contributed by atoms with Crippen molar-refractivity contribution in [3.8, 4) is 0 Å². The van der Waals surface area contributed by atoms with Crippen LogP contribution in [0, 0.1) is 0 Å². The molecule has 1 heterocycles. The van der Waals surface area contributed by atoms with Gasteiger partial charge in [0.2, 0.25) is 5.91 Å². The number of carbonyl (C=O) groups is 2. The number of fused-ring (bicyclic) bond motifs is 1. The molecule has 0 saturated heterocycles. The van der Waals surface area contributed by atoms with Crippen LogP contribution >= 0.6 is 0 Å². The molecule has 0 bridgehead atoms. The van der Waals surface area contributed by atoms with Crippen LogP contribution in [0.15, 0.2) is 24.3 Å². The van der Waals surface area contributed by atoms with Crippen molar-refractivity contribution < 1.29 is 14.3 Å². The molecule has 2 amide bonds. The van der Waals surface area contributed by atoms with Gasteiger partial charge < -0.3 is 9.64 Å². The van der Waals surface area contributed by atoms with Gasteiger partial charge in [-0.15, -0.1) is 0 Å². The van der Waals surface area contributed by atoms with Gasteiger partial charge in [-0.1, -0.05) is 24.3 Å². The van der Waals surface area contributed by atoms with Gasteiger partial charge in [0.15, 0.2) is 0 Å². The van der Waals surface area contributed by atoms with E-state index < -0.39 is 17.7 Å². The summed E-state index contributed by atoms with van der Waals surface area (Å²) in [7, 11) is 3.41. The molecule has 0 N–H and O–H groups in total. The molecule has 1 aliphatic heterocycles. The number of amides is 2. The fraction of sp³-hybridized carbons (Fsp3) is 0.529. The summed E-state index contributed by atoms with van der Waals surface area (Å²) in [5.41, 5.74) is 1.60. The van der Waals surface area contributed by atoms with Crippen LogP contribution in [-0.2, 0) is 22.5 Å². The predicted molar refractivity (Wildman–Crippen MR) is 84.4 cm³/mol. The van der Waals surface area contributed by atoms with E-state index in [0.29, 0.717) is 13.0 Å². The van der Waals surface area contributed by atoms with E-state index in [1.54, 1.807) is 14.1 Å². The molecule has 1 atom stereocenters. The third-order valence-electron chi connectivity index (χ3n) is 3.60. The molecule has 120 valence electrons. The largest absolute Gasteiger partial charge is 0.444 e. The van der Waals surface area contributed by atoms with Crippen molar-refractivity contribution in [1.29, 1.82) is 0 Å². The summed E-state index contributed by atoms with van der Waals surface area (Å²) in [6.45, 7) is 5.87. The Hall–Kier alpha value is -2.04. The van der Waals surface area contributed by atoms with Crippen LogP contribution in [0.1, 0.15) is 31.9 Å². The van der Waals surface area contributed by atoms with E-state index in [-0.39, 0.29) is 5.91 Å². The highest BCUT2D eigenvalue weighted by molar-refractivity contribution is 5.86. The lowest BCUT2D eigenvalue weighted by Gasteiger charge is -2.37. The number of nitrogens with zero attached hydrogens (tertiary/aromatic N) is 2. The smallest absolute Gasteiger partial charge is 0.411 e. The molecule has 0 aliphatic carbocycles.